The van der Waals surface area contributed by atoms with Gasteiger partial charge in [-0.25, -0.2) is 13.1 Å². The van der Waals surface area contributed by atoms with Gasteiger partial charge in [-0.1, -0.05) is 6.92 Å². The summed E-state index contributed by atoms with van der Waals surface area (Å²) in [6, 6.07) is 12.9. The van der Waals surface area contributed by atoms with Crippen LogP contribution in [-0.2, 0) is 14.8 Å². The number of nitrogens with zero attached hydrogens (tertiary/aromatic N) is 1. The van der Waals surface area contributed by atoms with E-state index in [-0.39, 0.29) is 23.5 Å². The summed E-state index contributed by atoms with van der Waals surface area (Å²) in [7, 11) is -0.331. The lowest BCUT2D eigenvalue weighted by molar-refractivity contribution is -0.120. The third-order valence-electron chi connectivity index (χ3n) is 4.30. The van der Waals surface area contributed by atoms with E-state index in [4.69, 9.17) is 9.47 Å². The second-order valence-electron chi connectivity index (χ2n) is 6.34. The molecule has 0 fully saturated rings. The molecule has 0 saturated carbocycles. The Hall–Kier alpha value is -2.58. The van der Waals surface area contributed by atoms with Crippen LogP contribution in [0.25, 0.3) is 0 Å². The standard InChI is InChI=1S/C20H26N2O5S/c1-5-15(2)21-28(24,25)19-12-10-18(11-13-19)27-14-20(23)22(3)16-6-8-17(26-4)9-7-16/h6-13,15,21H,5,14H2,1-4H3. The Bertz CT molecular complexity index is 880. The van der Waals surface area contributed by atoms with Crippen LogP contribution < -0.4 is 19.1 Å². The second-order valence-corrected chi connectivity index (χ2v) is 8.06. The van der Waals surface area contributed by atoms with Crippen molar-refractivity contribution < 1.29 is 22.7 Å². The van der Waals surface area contributed by atoms with Gasteiger partial charge < -0.3 is 14.4 Å². The Morgan fingerprint density at radius 2 is 1.64 bits per heavy atom. The summed E-state index contributed by atoms with van der Waals surface area (Å²) in [6.07, 6.45) is 0.699. The quantitative estimate of drug-likeness (QED) is 0.692. The summed E-state index contributed by atoms with van der Waals surface area (Å²) in [5, 5.41) is 0. The Morgan fingerprint density at radius 1 is 1.07 bits per heavy atom. The number of ether oxygens (including phenoxy) is 2. The number of rotatable bonds is 9. The van der Waals surface area contributed by atoms with Crippen LogP contribution in [0.2, 0.25) is 0 Å². The molecule has 1 N–H and O–H groups in total. The van der Waals surface area contributed by atoms with Crippen molar-refractivity contribution in [1.29, 1.82) is 0 Å². The van der Waals surface area contributed by atoms with Crippen molar-refractivity contribution in [2.24, 2.45) is 0 Å². The molecule has 0 spiro atoms. The highest BCUT2D eigenvalue weighted by molar-refractivity contribution is 7.89. The summed E-state index contributed by atoms with van der Waals surface area (Å²) in [4.78, 5) is 14.0. The predicted octanol–water partition coefficient (Wildman–Crippen LogP) is 2.81. The minimum atomic E-state index is -3.57. The lowest BCUT2D eigenvalue weighted by Crippen LogP contribution is -2.32. The largest absolute Gasteiger partial charge is 0.497 e. The lowest BCUT2D eigenvalue weighted by Gasteiger charge is -2.18. The molecular weight excluding hydrogens is 380 g/mol. The molecular formula is C20H26N2O5S. The molecule has 0 bridgehead atoms. The van der Waals surface area contributed by atoms with Crippen LogP contribution in [0, 0.1) is 0 Å². The first-order valence-electron chi connectivity index (χ1n) is 8.92. The van der Waals surface area contributed by atoms with Gasteiger partial charge in [0.1, 0.15) is 11.5 Å². The van der Waals surface area contributed by atoms with Crippen LogP contribution in [0.1, 0.15) is 20.3 Å². The molecule has 7 nitrogen and oxygen atoms in total. The normalized spacial score (nSPS) is 12.3. The van der Waals surface area contributed by atoms with Gasteiger partial charge in [-0.15, -0.1) is 0 Å². The van der Waals surface area contributed by atoms with E-state index in [1.165, 1.54) is 29.2 Å². The first-order chi connectivity index (χ1) is 13.3. The number of sulfonamides is 1. The monoisotopic (exact) mass is 406 g/mol. The van der Waals surface area contributed by atoms with Gasteiger partial charge in [-0.3, -0.25) is 4.79 Å². The van der Waals surface area contributed by atoms with Gasteiger partial charge in [0.2, 0.25) is 10.0 Å². The number of benzene rings is 2. The van der Waals surface area contributed by atoms with Crippen molar-refractivity contribution in [3.8, 4) is 11.5 Å². The maximum Gasteiger partial charge on any atom is 0.264 e. The summed E-state index contributed by atoms with van der Waals surface area (Å²) in [6.45, 7) is 3.55. The number of hydrogen-bond acceptors (Lipinski definition) is 5. The molecule has 8 heteroatoms. The van der Waals surface area contributed by atoms with Crippen molar-refractivity contribution >= 4 is 21.6 Å². The maximum atomic E-state index is 12.3. The van der Waals surface area contributed by atoms with Crippen LogP contribution >= 0.6 is 0 Å². The molecule has 1 unspecified atom stereocenters. The van der Waals surface area contributed by atoms with Crippen molar-refractivity contribution in [3.05, 3.63) is 48.5 Å². The number of carbonyl (C=O) groups is 1. The number of amides is 1. The minimum absolute atomic E-state index is 0.146. The van der Waals surface area contributed by atoms with E-state index in [0.29, 0.717) is 23.6 Å². The van der Waals surface area contributed by atoms with E-state index in [0.717, 1.165) is 0 Å². The lowest BCUT2D eigenvalue weighted by atomic mass is 10.3. The van der Waals surface area contributed by atoms with E-state index in [1.807, 2.05) is 6.92 Å². The summed E-state index contributed by atoms with van der Waals surface area (Å²) in [5.74, 6) is 0.887. The highest BCUT2D eigenvalue weighted by Gasteiger charge is 2.17. The maximum absolute atomic E-state index is 12.3. The third-order valence-corrected chi connectivity index (χ3v) is 5.90. The van der Waals surface area contributed by atoms with Gasteiger partial charge in [0.25, 0.3) is 5.91 Å². The number of carbonyl (C=O) groups excluding carboxylic acids is 1. The number of nitrogens with one attached hydrogen (secondary N) is 1. The van der Waals surface area contributed by atoms with Gasteiger partial charge in [0.15, 0.2) is 6.61 Å². The molecule has 0 aliphatic rings. The number of hydrogen-bond donors (Lipinski definition) is 1. The van der Waals surface area contributed by atoms with Crippen LogP contribution in [0.3, 0.4) is 0 Å². The molecule has 1 atom stereocenters. The Kier molecular flexibility index (Phi) is 7.42. The number of anilines is 1. The van der Waals surface area contributed by atoms with Gasteiger partial charge in [-0.2, -0.15) is 0 Å². The fourth-order valence-corrected chi connectivity index (χ4v) is 3.65. The van der Waals surface area contributed by atoms with Crippen molar-refractivity contribution in [3.63, 3.8) is 0 Å². The Labute approximate surface area is 166 Å². The number of likely N-dealkylation sites (N-methyl/N-ethyl adjacent to an activating group) is 1. The van der Waals surface area contributed by atoms with Crippen LogP contribution in [0.15, 0.2) is 53.4 Å². The molecule has 0 aliphatic heterocycles. The zero-order chi connectivity index (χ0) is 20.7. The molecule has 1 amide bonds. The molecule has 2 aromatic rings. The summed E-state index contributed by atoms with van der Waals surface area (Å²) in [5.41, 5.74) is 0.715. The van der Waals surface area contributed by atoms with E-state index < -0.39 is 10.0 Å². The fraction of sp³-hybridized carbons (Fsp3) is 0.350. The SMILES string of the molecule is CCC(C)NS(=O)(=O)c1ccc(OCC(=O)N(C)c2ccc(OC)cc2)cc1. The van der Waals surface area contributed by atoms with Crippen LogP contribution in [0.4, 0.5) is 5.69 Å². The smallest absolute Gasteiger partial charge is 0.264 e. The molecule has 0 aromatic heterocycles. The average molecular weight is 407 g/mol. The molecule has 0 saturated heterocycles. The highest BCUT2D eigenvalue weighted by atomic mass is 32.2. The first kappa shape index (κ1) is 21.7. The second kappa shape index (κ2) is 9.57. The molecule has 152 valence electrons. The van der Waals surface area contributed by atoms with Crippen molar-refractivity contribution in [2.75, 3.05) is 25.7 Å². The van der Waals surface area contributed by atoms with Crippen molar-refractivity contribution in [1.82, 2.24) is 4.72 Å². The van der Waals surface area contributed by atoms with Gasteiger partial charge in [0, 0.05) is 18.8 Å². The van der Waals surface area contributed by atoms with Crippen LogP contribution in [0.5, 0.6) is 11.5 Å². The minimum Gasteiger partial charge on any atom is -0.497 e. The predicted molar refractivity (Wildman–Crippen MR) is 108 cm³/mol. The van der Waals surface area contributed by atoms with E-state index in [9.17, 15) is 13.2 Å². The zero-order valence-electron chi connectivity index (χ0n) is 16.5. The van der Waals surface area contributed by atoms with E-state index in [2.05, 4.69) is 4.72 Å². The fourth-order valence-electron chi connectivity index (χ4n) is 2.32. The first-order valence-corrected chi connectivity index (χ1v) is 10.4. The number of methoxy groups -OCH3 is 1. The molecule has 2 rings (SSSR count). The average Bonchev–Trinajstić information content (AvgIpc) is 2.71. The van der Waals surface area contributed by atoms with Gasteiger partial charge in [0.05, 0.1) is 12.0 Å². The summed E-state index contributed by atoms with van der Waals surface area (Å²) >= 11 is 0. The molecule has 28 heavy (non-hydrogen) atoms. The molecule has 0 radical (unpaired) electrons. The Morgan fingerprint density at radius 3 is 2.18 bits per heavy atom. The third kappa shape index (κ3) is 5.71. The molecule has 0 heterocycles. The van der Waals surface area contributed by atoms with Crippen LogP contribution in [-0.4, -0.2) is 41.1 Å². The van der Waals surface area contributed by atoms with Crippen molar-refractivity contribution in [2.45, 2.75) is 31.2 Å². The molecule has 0 aliphatic carbocycles. The summed E-state index contributed by atoms with van der Waals surface area (Å²) < 4.78 is 37.7. The van der Waals surface area contributed by atoms with E-state index in [1.54, 1.807) is 45.3 Å². The van der Waals surface area contributed by atoms with E-state index >= 15 is 0 Å². The highest BCUT2D eigenvalue weighted by Crippen LogP contribution is 2.19. The molecule has 2 aromatic carbocycles. The Balaban J connectivity index is 1.95. The zero-order valence-corrected chi connectivity index (χ0v) is 17.3. The topological polar surface area (TPSA) is 84.9 Å². The van der Waals surface area contributed by atoms with Gasteiger partial charge >= 0.3 is 0 Å². The van der Waals surface area contributed by atoms with Gasteiger partial charge in [-0.05, 0) is 61.9 Å².